The molecule has 1 N–H and O–H groups in total. The highest BCUT2D eigenvalue weighted by Crippen LogP contribution is 2.46. The van der Waals surface area contributed by atoms with Crippen LogP contribution in [0.3, 0.4) is 0 Å². The lowest BCUT2D eigenvalue weighted by Crippen LogP contribution is -2.35. The highest BCUT2D eigenvalue weighted by atomic mass is 19.1. The molecule has 1 fully saturated rings. The van der Waals surface area contributed by atoms with Gasteiger partial charge in [-0.25, -0.2) is 13.6 Å². The Morgan fingerprint density at radius 2 is 1.87 bits per heavy atom. The minimum atomic E-state index is -1.82. The van der Waals surface area contributed by atoms with E-state index in [-0.39, 0.29) is 23.5 Å². The summed E-state index contributed by atoms with van der Waals surface area (Å²) in [6.45, 7) is 2.59. The van der Waals surface area contributed by atoms with Crippen molar-refractivity contribution in [2.45, 2.75) is 32.0 Å². The maximum atomic E-state index is 14.2. The van der Waals surface area contributed by atoms with Crippen molar-refractivity contribution in [3.8, 4) is 0 Å². The Bertz CT molecular complexity index is 644. The molecule has 2 aliphatic heterocycles. The lowest BCUT2D eigenvalue weighted by Gasteiger charge is -2.31. The largest absolute Gasteiger partial charge is 0.425 e. The van der Waals surface area contributed by atoms with Crippen molar-refractivity contribution in [3.05, 3.63) is 41.0 Å². The molecule has 3 rings (SSSR count). The van der Waals surface area contributed by atoms with Gasteiger partial charge in [0, 0.05) is 25.2 Å². The number of halogens is 2. The van der Waals surface area contributed by atoms with Gasteiger partial charge in [-0.1, -0.05) is 13.0 Å². The molecule has 2 heterocycles. The molecule has 0 amide bonds. The van der Waals surface area contributed by atoms with Crippen molar-refractivity contribution in [2.75, 3.05) is 13.2 Å². The van der Waals surface area contributed by atoms with Gasteiger partial charge in [0.05, 0.1) is 11.1 Å². The first-order valence-electron chi connectivity index (χ1n) is 7.70. The van der Waals surface area contributed by atoms with Crippen LogP contribution in [0.15, 0.2) is 23.8 Å². The summed E-state index contributed by atoms with van der Waals surface area (Å²) in [5.41, 5.74) is -0.336. The summed E-state index contributed by atoms with van der Waals surface area (Å²) >= 11 is 0. The monoisotopic (exact) mass is 324 g/mol. The summed E-state index contributed by atoms with van der Waals surface area (Å²) in [5, 5.41) is 10.7. The number of carbonyl (C=O) groups excluding carboxylic acids is 1. The number of cyclic esters (lactones) is 1. The average molecular weight is 324 g/mol. The second kappa shape index (κ2) is 6.02. The van der Waals surface area contributed by atoms with Gasteiger partial charge < -0.3 is 14.6 Å². The minimum absolute atomic E-state index is 0.116. The third-order valence-corrected chi connectivity index (χ3v) is 4.48. The summed E-state index contributed by atoms with van der Waals surface area (Å²) in [5.74, 6) is -4.61. The maximum Gasteiger partial charge on any atom is 0.341 e. The summed E-state index contributed by atoms with van der Waals surface area (Å²) in [7, 11) is 0. The molecule has 1 atom stereocenters. The number of carbonyl (C=O) groups is 1. The van der Waals surface area contributed by atoms with Crippen LogP contribution in [0.5, 0.6) is 0 Å². The summed E-state index contributed by atoms with van der Waals surface area (Å²) in [6.07, 6.45) is 1.24. The second-order valence-electron chi connectivity index (χ2n) is 5.80. The van der Waals surface area contributed by atoms with Crippen LogP contribution < -0.4 is 0 Å². The van der Waals surface area contributed by atoms with Gasteiger partial charge >= 0.3 is 5.97 Å². The fraction of sp³-hybridized carbons (Fsp3) is 0.471. The third kappa shape index (κ3) is 2.66. The van der Waals surface area contributed by atoms with E-state index in [0.29, 0.717) is 26.1 Å². The molecule has 2 aliphatic rings. The molecule has 1 aromatic carbocycles. The van der Waals surface area contributed by atoms with Crippen LogP contribution in [-0.4, -0.2) is 30.1 Å². The Balaban J connectivity index is 2.22. The van der Waals surface area contributed by atoms with E-state index in [2.05, 4.69) is 0 Å². The van der Waals surface area contributed by atoms with E-state index in [0.717, 1.165) is 12.1 Å². The summed E-state index contributed by atoms with van der Waals surface area (Å²) in [6, 6.07) is 3.41. The standard InChI is InChI=1S/C17H18F2O4/c1-2-17(21)15(10-6-8-22-9-7-10)14(16(20)23-17)13-11(18)4-3-5-12(13)19/h3-5,10,21H,2,6-9H2,1H3. The molecule has 124 valence electrons. The van der Waals surface area contributed by atoms with Crippen molar-refractivity contribution < 1.29 is 28.2 Å². The number of ether oxygens (including phenoxy) is 2. The molecule has 4 nitrogen and oxygen atoms in total. The first kappa shape index (κ1) is 16.1. The lowest BCUT2D eigenvalue weighted by molar-refractivity contribution is -0.183. The number of aliphatic hydroxyl groups is 1. The predicted molar refractivity (Wildman–Crippen MR) is 78.2 cm³/mol. The molecule has 0 spiro atoms. The second-order valence-corrected chi connectivity index (χ2v) is 5.80. The number of esters is 1. The molecule has 6 heteroatoms. The van der Waals surface area contributed by atoms with Crippen molar-refractivity contribution in [3.63, 3.8) is 0 Å². The normalized spacial score (nSPS) is 25.8. The molecule has 1 saturated heterocycles. The Hall–Kier alpha value is -1.79. The van der Waals surface area contributed by atoms with Crippen molar-refractivity contribution in [2.24, 2.45) is 5.92 Å². The van der Waals surface area contributed by atoms with Crippen LogP contribution in [0.2, 0.25) is 0 Å². The highest BCUT2D eigenvalue weighted by Gasteiger charge is 2.49. The number of hydrogen-bond donors (Lipinski definition) is 1. The van der Waals surface area contributed by atoms with Gasteiger partial charge in [0.25, 0.3) is 0 Å². The molecule has 0 aliphatic carbocycles. The van der Waals surface area contributed by atoms with E-state index in [1.165, 1.54) is 6.07 Å². The van der Waals surface area contributed by atoms with Crippen LogP contribution >= 0.6 is 0 Å². The van der Waals surface area contributed by atoms with Crippen LogP contribution in [0, 0.1) is 17.6 Å². The Morgan fingerprint density at radius 1 is 1.26 bits per heavy atom. The summed E-state index contributed by atoms with van der Waals surface area (Å²) < 4.78 is 38.8. The van der Waals surface area contributed by atoms with E-state index >= 15 is 0 Å². The van der Waals surface area contributed by atoms with Gasteiger partial charge in [-0.2, -0.15) is 0 Å². The quantitative estimate of drug-likeness (QED) is 0.869. The van der Waals surface area contributed by atoms with Gasteiger partial charge in [-0.15, -0.1) is 0 Å². The highest BCUT2D eigenvalue weighted by molar-refractivity contribution is 6.20. The molecular weight excluding hydrogens is 306 g/mol. The van der Waals surface area contributed by atoms with Gasteiger partial charge in [-0.05, 0) is 30.9 Å². The fourth-order valence-corrected chi connectivity index (χ4v) is 3.31. The van der Waals surface area contributed by atoms with Gasteiger partial charge in [0.1, 0.15) is 11.6 Å². The average Bonchev–Trinajstić information content (AvgIpc) is 2.80. The smallest absolute Gasteiger partial charge is 0.341 e. The Kier molecular flexibility index (Phi) is 4.21. The Labute approximate surface area is 132 Å². The van der Waals surface area contributed by atoms with E-state index in [9.17, 15) is 18.7 Å². The molecule has 0 radical (unpaired) electrons. The minimum Gasteiger partial charge on any atom is -0.425 e. The third-order valence-electron chi connectivity index (χ3n) is 4.48. The maximum absolute atomic E-state index is 14.2. The van der Waals surface area contributed by atoms with Gasteiger partial charge in [-0.3, -0.25) is 0 Å². The molecular formula is C17H18F2O4. The zero-order chi connectivity index (χ0) is 16.6. The number of rotatable bonds is 3. The van der Waals surface area contributed by atoms with Crippen LogP contribution in [-0.2, 0) is 14.3 Å². The SMILES string of the molecule is CCC1(O)OC(=O)C(c2c(F)cccc2F)=C1C1CCOCC1. The van der Waals surface area contributed by atoms with Gasteiger partial charge in [0.15, 0.2) is 0 Å². The van der Waals surface area contributed by atoms with Crippen molar-refractivity contribution >= 4 is 11.5 Å². The van der Waals surface area contributed by atoms with E-state index < -0.39 is 29.0 Å². The number of hydrogen-bond acceptors (Lipinski definition) is 4. The zero-order valence-corrected chi connectivity index (χ0v) is 12.8. The number of benzene rings is 1. The van der Waals surface area contributed by atoms with E-state index in [1.807, 2.05) is 0 Å². The molecule has 0 saturated carbocycles. The van der Waals surface area contributed by atoms with Crippen LogP contribution in [0.25, 0.3) is 5.57 Å². The Morgan fingerprint density at radius 3 is 2.43 bits per heavy atom. The van der Waals surface area contributed by atoms with Crippen LogP contribution in [0.1, 0.15) is 31.7 Å². The van der Waals surface area contributed by atoms with Crippen molar-refractivity contribution in [1.82, 2.24) is 0 Å². The van der Waals surface area contributed by atoms with Crippen LogP contribution in [0.4, 0.5) is 8.78 Å². The van der Waals surface area contributed by atoms with Crippen molar-refractivity contribution in [1.29, 1.82) is 0 Å². The molecule has 23 heavy (non-hydrogen) atoms. The fourth-order valence-electron chi connectivity index (χ4n) is 3.31. The first-order valence-corrected chi connectivity index (χ1v) is 7.70. The van der Waals surface area contributed by atoms with Gasteiger partial charge in [0.2, 0.25) is 5.79 Å². The van der Waals surface area contributed by atoms with E-state index in [1.54, 1.807) is 6.92 Å². The van der Waals surface area contributed by atoms with E-state index in [4.69, 9.17) is 9.47 Å². The molecule has 1 unspecified atom stereocenters. The lowest BCUT2D eigenvalue weighted by atomic mass is 9.81. The molecule has 0 bridgehead atoms. The predicted octanol–water partition coefficient (Wildman–Crippen LogP) is 2.80. The first-order chi connectivity index (χ1) is 11.0. The molecule has 0 aromatic heterocycles. The topological polar surface area (TPSA) is 55.8 Å². The molecule has 1 aromatic rings. The summed E-state index contributed by atoms with van der Waals surface area (Å²) in [4.78, 5) is 12.3. The zero-order valence-electron chi connectivity index (χ0n) is 12.8.